The first kappa shape index (κ1) is 33.4. The Morgan fingerprint density at radius 2 is 0.912 bits per heavy atom. The number of thiophene rings is 1. The Bertz CT molecular complexity index is 3150. The number of aromatic nitrogens is 3. The molecule has 3 heterocycles. The van der Waals surface area contributed by atoms with E-state index in [1.807, 2.05) is 24.3 Å². The molecule has 0 unspecified atom stereocenters. The van der Waals surface area contributed by atoms with Gasteiger partial charge in [-0.1, -0.05) is 176 Å². The highest BCUT2D eigenvalue weighted by atomic mass is 32.1. The smallest absolute Gasteiger partial charge is 0.180 e. The quantitative estimate of drug-likeness (QED) is 0.120. The maximum Gasteiger partial charge on any atom is 0.180 e. The molecule has 8 aromatic carbocycles. The number of benzene rings is 8. The fourth-order valence-electron chi connectivity index (χ4n) is 8.61. The van der Waals surface area contributed by atoms with Crippen molar-refractivity contribution >= 4 is 82.3 Å². The predicted octanol–water partition coefficient (Wildman–Crippen LogP) is 10.5. The van der Waals surface area contributed by atoms with E-state index in [2.05, 4.69) is 176 Å². The maximum atomic E-state index is 6.37. The second kappa shape index (κ2) is 13.6. The van der Waals surface area contributed by atoms with Crippen LogP contribution in [0.2, 0.25) is 0 Å². The molecular weight excluding hydrogens is 731 g/mol. The fourth-order valence-corrected chi connectivity index (χ4v) is 14.7. The van der Waals surface area contributed by atoms with Crippen molar-refractivity contribution in [2.75, 3.05) is 0 Å². The summed E-state index contributed by atoms with van der Waals surface area (Å²) >= 11 is 1.80. The molecule has 0 aliphatic rings. The van der Waals surface area contributed by atoms with Crippen LogP contribution in [0, 0.1) is 0 Å². The third-order valence-electron chi connectivity index (χ3n) is 11.1. The summed E-state index contributed by atoms with van der Waals surface area (Å²) in [5.74, 6) is 1.86. The topological polar surface area (TPSA) is 51.8 Å². The zero-order valence-corrected chi connectivity index (χ0v) is 32.5. The lowest BCUT2D eigenvalue weighted by Gasteiger charge is -2.35. The average molecular weight is 764 g/mol. The van der Waals surface area contributed by atoms with E-state index < -0.39 is 8.07 Å². The van der Waals surface area contributed by atoms with Gasteiger partial charge in [-0.3, -0.25) is 0 Å². The van der Waals surface area contributed by atoms with Crippen LogP contribution in [0.1, 0.15) is 0 Å². The maximum absolute atomic E-state index is 6.37. The van der Waals surface area contributed by atoms with E-state index in [0.717, 1.165) is 38.6 Å². The Morgan fingerprint density at radius 3 is 1.63 bits per heavy atom. The van der Waals surface area contributed by atoms with Crippen molar-refractivity contribution in [3.63, 3.8) is 0 Å². The second-order valence-corrected chi connectivity index (χ2v) is 19.1. The van der Waals surface area contributed by atoms with E-state index >= 15 is 0 Å². The number of furan rings is 1. The first-order valence-electron chi connectivity index (χ1n) is 19.1. The first-order valence-corrected chi connectivity index (χ1v) is 21.9. The number of hydrogen-bond donors (Lipinski definition) is 0. The molecule has 0 atom stereocenters. The van der Waals surface area contributed by atoms with Gasteiger partial charge in [0.1, 0.15) is 11.2 Å². The van der Waals surface area contributed by atoms with Gasteiger partial charge in [0, 0.05) is 47.6 Å². The van der Waals surface area contributed by atoms with E-state index in [1.54, 1.807) is 11.3 Å². The van der Waals surface area contributed by atoms with Gasteiger partial charge in [0.2, 0.25) is 0 Å². The van der Waals surface area contributed by atoms with Crippen molar-refractivity contribution in [2.45, 2.75) is 0 Å². The molecule has 11 rings (SSSR count). The molecule has 0 amide bonds. The molecule has 0 N–H and O–H groups in total. The predicted molar refractivity (Wildman–Crippen MR) is 240 cm³/mol. The summed E-state index contributed by atoms with van der Waals surface area (Å²) in [6.07, 6.45) is 0. The Hall–Kier alpha value is -6.99. The van der Waals surface area contributed by atoms with Gasteiger partial charge < -0.3 is 4.42 Å². The summed E-state index contributed by atoms with van der Waals surface area (Å²) in [5.41, 5.74) is 4.46. The molecule has 0 spiro atoms. The van der Waals surface area contributed by atoms with Crippen LogP contribution in [0.4, 0.5) is 0 Å². The van der Waals surface area contributed by atoms with Crippen molar-refractivity contribution < 1.29 is 4.42 Å². The Balaban J connectivity index is 1.22. The zero-order valence-electron chi connectivity index (χ0n) is 30.7. The van der Waals surface area contributed by atoms with Crippen LogP contribution in [0.5, 0.6) is 0 Å². The normalized spacial score (nSPS) is 11.9. The molecule has 0 saturated heterocycles. The molecule has 0 aliphatic heterocycles. The highest BCUT2D eigenvalue weighted by Crippen LogP contribution is 2.38. The number of para-hydroxylation sites is 1. The lowest BCUT2D eigenvalue weighted by atomic mass is 10.1. The molecule has 4 nitrogen and oxygen atoms in total. The summed E-state index contributed by atoms with van der Waals surface area (Å²) in [6.45, 7) is 0. The van der Waals surface area contributed by atoms with Crippen LogP contribution in [0.15, 0.2) is 205 Å². The second-order valence-electron chi connectivity index (χ2n) is 14.3. The molecule has 0 aliphatic carbocycles. The largest absolute Gasteiger partial charge is 0.456 e. The van der Waals surface area contributed by atoms with Gasteiger partial charge in [-0.15, -0.1) is 11.3 Å². The van der Waals surface area contributed by atoms with Crippen LogP contribution < -0.4 is 20.7 Å². The number of rotatable bonds is 7. The van der Waals surface area contributed by atoms with E-state index in [1.165, 1.54) is 40.9 Å². The van der Waals surface area contributed by atoms with Gasteiger partial charge in [0.25, 0.3) is 0 Å². The molecule has 0 bridgehead atoms. The Labute approximate surface area is 334 Å². The van der Waals surface area contributed by atoms with Crippen molar-refractivity contribution in [1.82, 2.24) is 15.0 Å². The van der Waals surface area contributed by atoms with E-state index in [0.29, 0.717) is 17.5 Å². The minimum atomic E-state index is -2.96. The van der Waals surface area contributed by atoms with E-state index in [4.69, 9.17) is 19.4 Å². The molecule has 3 aromatic heterocycles. The van der Waals surface area contributed by atoms with Crippen LogP contribution in [-0.2, 0) is 0 Å². The highest BCUT2D eigenvalue weighted by Gasteiger charge is 2.43. The summed E-state index contributed by atoms with van der Waals surface area (Å²) < 4.78 is 8.83. The van der Waals surface area contributed by atoms with Crippen LogP contribution in [-0.4, -0.2) is 23.0 Å². The summed E-state index contributed by atoms with van der Waals surface area (Å²) in [5, 5.41) is 9.59. The van der Waals surface area contributed by atoms with Gasteiger partial charge >= 0.3 is 0 Å². The highest BCUT2D eigenvalue weighted by molar-refractivity contribution is 7.25. The minimum absolute atomic E-state index is 0.602. The summed E-state index contributed by atoms with van der Waals surface area (Å²) in [4.78, 5) is 16.2. The lowest BCUT2D eigenvalue weighted by molar-refractivity contribution is 0.669. The van der Waals surface area contributed by atoms with Gasteiger partial charge in [0.15, 0.2) is 25.5 Å². The monoisotopic (exact) mass is 763 g/mol. The van der Waals surface area contributed by atoms with Gasteiger partial charge in [0.05, 0.1) is 0 Å². The van der Waals surface area contributed by atoms with Crippen LogP contribution in [0.3, 0.4) is 0 Å². The van der Waals surface area contributed by atoms with Crippen molar-refractivity contribution in [1.29, 1.82) is 0 Å². The Kier molecular flexibility index (Phi) is 7.98. The number of nitrogens with zero attached hydrogens (tertiary/aromatic N) is 3. The first-order chi connectivity index (χ1) is 28.3. The lowest BCUT2D eigenvalue weighted by Crippen LogP contribution is -2.75. The molecule has 268 valence electrons. The summed E-state index contributed by atoms with van der Waals surface area (Å²) in [6, 6.07) is 71.3. The zero-order chi connectivity index (χ0) is 37.8. The fraction of sp³-hybridized carbons (Fsp3) is 0. The molecule has 11 aromatic rings. The van der Waals surface area contributed by atoms with Crippen molar-refractivity contribution in [3.8, 4) is 34.2 Å². The molecular formula is C51H33N3OSSi. The van der Waals surface area contributed by atoms with Crippen molar-refractivity contribution in [3.05, 3.63) is 200 Å². The number of fused-ring (bicyclic) bond motifs is 6. The van der Waals surface area contributed by atoms with E-state index in [9.17, 15) is 0 Å². The SMILES string of the molecule is c1ccc([Si](c2ccccc2)(c2ccccc2)c2ccccc2-c2nc(-c3ccc4c(c3)sc3ccccc34)nc(-c3cccc4oc5ccccc5c34)n2)cc1. The van der Waals surface area contributed by atoms with Crippen LogP contribution >= 0.6 is 11.3 Å². The Morgan fingerprint density at radius 1 is 0.386 bits per heavy atom. The van der Waals surface area contributed by atoms with Crippen molar-refractivity contribution in [2.24, 2.45) is 0 Å². The van der Waals surface area contributed by atoms with Gasteiger partial charge in [-0.05, 0) is 45.0 Å². The van der Waals surface area contributed by atoms with Gasteiger partial charge in [-0.25, -0.2) is 15.0 Å². The average Bonchev–Trinajstić information content (AvgIpc) is 3.86. The standard InChI is InChI=1S/C51H33N3OSSi/c1-4-17-35(18-5-1)57(36-19-6-2-7-20-36,37-21-8-3-9-22-37)47-30-15-12-25-41(47)50-52-49(34-31-32-39-38-23-11-14-29-45(38)56-46(39)33-34)53-51(54-50)42-26-16-28-44-48(42)40-24-10-13-27-43(40)55-44/h1-33H. The molecule has 0 fully saturated rings. The van der Waals surface area contributed by atoms with Crippen LogP contribution in [0.25, 0.3) is 76.3 Å². The third-order valence-corrected chi connectivity index (χ3v) is 17.1. The summed E-state index contributed by atoms with van der Waals surface area (Å²) in [7, 11) is -2.96. The van der Waals surface area contributed by atoms with E-state index in [-0.39, 0.29) is 0 Å². The van der Waals surface area contributed by atoms with Gasteiger partial charge in [-0.2, -0.15) is 0 Å². The number of hydrogen-bond acceptors (Lipinski definition) is 5. The third kappa shape index (κ3) is 5.45. The molecule has 57 heavy (non-hydrogen) atoms. The molecule has 0 saturated carbocycles. The minimum Gasteiger partial charge on any atom is -0.456 e. The molecule has 0 radical (unpaired) electrons. The molecule has 6 heteroatoms.